The summed E-state index contributed by atoms with van der Waals surface area (Å²) in [4.78, 5) is 36.9. The van der Waals surface area contributed by atoms with Gasteiger partial charge in [-0.3, -0.25) is 9.59 Å². The fourth-order valence-electron chi connectivity index (χ4n) is 2.78. The van der Waals surface area contributed by atoms with E-state index < -0.39 is 41.5 Å². The molecule has 0 aliphatic rings. The summed E-state index contributed by atoms with van der Waals surface area (Å²) in [6, 6.07) is 9.38. The van der Waals surface area contributed by atoms with Crippen LogP contribution in [0.1, 0.15) is 30.5 Å². The topological polar surface area (TPSA) is 84.5 Å². The number of carbonyl (C=O) groups excluding carboxylic acids is 3. The Kier molecular flexibility index (Phi) is 7.82. The Bertz CT molecular complexity index is 854. The first kappa shape index (κ1) is 22.0. The molecule has 0 saturated heterocycles. The van der Waals surface area contributed by atoms with Gasteiger partial charge in [0.05, 0.1) is 13.5 Å². The highest BCUT2D eigenvalue weighted by Gasteiger charge is 2.27. The van der Waals surface area contributed by atoms with Gasteiger partial charge in [0, 0.05) is 6.07 Å². The number of ether oxygens (including phenoxy) is 1. The molecule has 0 radical (unpaired) electrons. The third kappa shape index (κ3) is 6.38. The Morgan fingerprint density at radius 2 is 1.62 bits per heavy atom. The van der Waals surface area contributed by atoms with Crippen molar-refractivity contribution in [3.63, 3.8) is 0 Å². The summed E-state index contributed by atoms with van der Waals surface area (Å²) in [5.74, 6) is -3.39. The van der Waals surface area contributed by atoms with Gasteiger partial charge in [0.2, 0.25) is 11.8 Å². The molecule has 1 unspecified atom stereocenters. The minimum absolute atomic E-state index is 0.145. The van der Waals surface area contributed by atoms with E-state index in [0.29, 0.717) is 11.6 Å². The molecule has 0 aliphatic carbocycles. The van der Waals surface area contributed by atoms with Crippen LogP contribution in [-0.2, 0) is 25.5 Å². The first-order chi connectivity index (χ1) is 13.8. The van der Waals surface area contributed by atoms with Crippen molar-refractivity contribution in [2.75, 3.05) is 7.11 Å². The second kappa shape index (κ2) is 10.3. The molecule has 2 atom stereocenters. The smallest absolute Gasteiger partial charge is 0.333 e. The van der Waals surface area contributed by atoms with Gasteiger partial charge in [-0.2, -0.15) is 0 Å². The molecular weight excluding hydrogens is 382 g/mol. The van der Waals surface area contributed by atoms with E-state index in [9.17, 15) is 23.2 Å². The van der Waals surface area contributed by atoms with Gasteiger partial charge in [0.15, 0.2) is 6.04 Å². The summed E-state index contributed by atoms with van der Waals surface area (Å²) < 4.78 is 31.3. The minimum Gasteiger partial charge on any atom is -0.467 e. The third-order valence-corrected chi connectivity index (χ3v) is 4.20. The van der Waals surface area contributed by atoms with Crippen molar-refractivity contribution >= 4 is 17.8 Å². The van der Waals surface area contributed by atoms with Crippen LogP contribution in [0.2, 0.25) is 0 Å². The lowest BCUT2D eigenvalue weighted by Crippen LogP contribution is -2.49. The molecule has 2 N–H and O–H groups in total. The molecule has 2 aromatic carbocycles. The van der Waals surface area contributed by atoms with Crippen LogP contribution in [0, 0.1) is 11.6 Å². The highest BCUT2D eigenvalue weighted by molar-refractivity contribution is 5.91. The number of rotatable bonds is 8. The predicted molar refractivity (Wildman–Crippen MR) is 102 cm³/mol. The van der Waals surface area contributed by atoms with Crippen LogP contribution in [0.5, 0.6) is 0 Å². The molecule has 2 amide bonds. The lowest BCUT2D eigenvalue weighted by atomic mass is 10.1. The molecule has 29 heavy (non-hydrogen) atoms. The van der Waals surface area contributed by atoms with E-state index in [1.807, 2.05) is 0 Å². The van der Waals surface area contributed by atoms with Crippen molar-refractivity contribution in [3.05, 3.63) is 71.3 Å². The van der Waals surface area contributed by atoms with E-state index in [4.69, 9.17) is 4.74 Å². The second-order valence-electron chi connectivity index (χ2n) is 6.36. The van der Waals surface area contributed by atoms with Gasteiger partial charge in [-0.25, -0.2) is 13.6 Å². The van der Waals surface area contributed by atoms with Crippen LogP contribution >= 0.6 is 0 Å². The maximum atomic E-state index is 13.3. The predicted octanol–water partition coefficient (Wildman–Crippen LogP) is 2.43. The molecule has 0 bridgehead atoms. The Morgan fingerprint density at radius 1 is 1.00 bits per heavy atom. The fraction of sp³-hybridized carbons (Fsp3) is 0.286. The summed E-state index contributed by atoms with van der Waals surface area (Å²) >= 11 is 0. The van der Waals surface area contributed by atoms with Crippen molar-refractivity contribution in [2.24, 2.45) is 0 Å². The first-order valence-electron chi connectivity index (χ1n) is 9.01. The molecule has 0 heterocycles. The number of hydrogen-bond acceptors (Lipinski definition) is 4. The average Bonchev–Trinajstić information content (AvgIpc) is 2.69. The average molecular weight is 404 g/mol. The molecule has 0 spiro atoms. The van der Waals surface area contributed by atoms with E-state index >= 15 is 0 Å². The van der Waals surface area contributed by atoms with Crippen molar-refractivity contribution in [3.8, 4) is 0 Å². The number of esters is 1. The van der Waals surface area contributed by atoms with Crippen LogP contribution in [-0.4, -0.2) is 30.9 Å². The van der Waals surface area contributed by atoms with Gasteiger partial charge in [0.25, 0.3) is 0 Å². The summed E-state index contributed by atoms with van der Waals surface area (Å²) in [5, 5.41) is 5.09. The summed E-state index contributed by atoms with van der Waals surface area (Å²) in [6.07, 6.45) is -0.0463. The lowest BCUT2D eigenvalue weighted by Gasteiger charge is -2.21. The molecule has 0 saturated carbocycles. The van der Waals surface area contributed by atoms with Gasteiger partial charge in [-0.1, -0.05) is 37.3 Å². The van der Waals surface area contributed by atoms with Gasteiger partial charge in [-0.15, -0.1) is 0 Å². The number of halogens is 2. The van der Waals surface area contributed by atoms with Crippen LogP contribution in [0.15, 0.2) is 48.5 Å². The highest BCUT2D eigenvalue weighted by Crippen LogP contribution is 2.15. The van der Waals surface area contributed by atoms with Gasteiger partial charge >= 0.3 is 5.97 Å². The molecule has 154 valence electrons. The van der Waals surface area contributed by atoms with Crippen LogP contribution < -0.4 is 10.6 Å². The Labute approximate surface area is 167 Å². The van der Waals surface area contributed by atoms with Gasteiger partial charge in [-0.05, 0) is 29.7 Å². The molecule has 8 heteroatoms. The molecule has 6 nitrogen and oxygen atoms in total. The Morgan fingerprint density at radius 3 is 2.17 bits per heavy atom. The minimum atomic E-state index is -1.03. The van der Waals surface area contributed by atoms with E-state index in [1.54, 1.807) is 37.3 Å². The lowest BCUT2D eigenvalue weighted by molar-refractivity contribution is -0.145. The second-order valence-corrected chi connectivity index (χ2v) is 6.36. The fourth-order valence-corrected chi connectivity index (χ4v) is 2.78. The zero-order valence-corrected chi connectivity index (χ0v) is 16.1. The quantitative estimate of drug-likeness (QED) is 0.662. The molecule has 2 aromatic rings. The van der Waals surface area contributed by atoms with E-state index in [0.717, 1.165) is 12.1 Å². The van der Waals surface area contributed by atoms with Crippen LogP contribution in [0.4, 0.5) is 8.78 Å². The standard InChI is InChI=1S/C21H22F2N2O4/c1-3-17(24-18(26)11-13-9-15(22)12-16(23)10-13)20(27)25-19(21(28)29-2)14-7-5-4-6-8-14/h4-10,12,17,19H,3,11H2,1-2H3,(H,24,26)(H,25,27)/t17?,19-/m0/s1. The van der Waals surface area contributed by atoms with Gasteiger partial charge in [0.1, 0.15) is 17.7 Å². The maximum Gasteiger partial charge on any atom is 0.333 e. The van der Waals surface area contributed by atoms with Crippen LogP contribution in [0.25, 0.3) is 0 Å². The number of methoxy groups -OCH3 is 1. The SMILES string of the molecule is CCC(NC(=O)Cc1cc(F)cc(F)c1)C(=O)N[C@H](C(=O)OC)c1ccccc1. The molecule has 0 fully saturated rings. The number of amides is 2. The van der Waals surface area contributed by atoms with Crippen molar-refractivity contribution in [2.45, 2.75) is 31.8 Å². The third-order valence-electron chi connectivity index (χ3n) is 4.20. The Balaban J connectivity index is 2.06. The first-order valence-corrected chi connectivity index (χ1v) is 9.01. The van der Waals surface area contributed by atoms with E-state index in [1.165, 1.54) is 7.11 Å². The van der Waals surface area contributed by atoms with Crippen LogP contribution in [0.3, 0.4) is 0 Å². The zero-order valence-electron chi connectivity index (χ0n) is 16.1. The Hall–Kier alpha value is -3.29. The van der Waals surface area contributed by atoms with Crippen molar-refractivity contribution in [1.29, 1.82) is 0 Å². The monoisotopic (exact) mass is 404 g/mol. The highest BCUT2D eigenvalue weighted by atomic mass is 19.1. The number of nitrogens with one attached hydrogen (secondary N) is 2. The molecule has 0 aliphatic heterocycles. The summed E-state index contributed by atoms with van der Waals surface area (Å²) in [5.41, 5.74) is 0.677. The number of carbonyl (C=O) groups is 3. The normalized spacial score (nSPS) is 12.6. The van der Waals surface area contributed by atoms with Crippen molar-refractivity contribution in [1.82, 2.24) is 10.6 Å². The molecular formula is C21H22F2N2O4. The molecule has 2 rings (SSSR count). The van der Waals surface area contributed by atoms with Gasteiger partial charge < -0.3 is 15.4 Å². The number of hydrogen-bond donors (Lipinski definition) is 2. The van der Waals surface area contributed by atoms with Crippen molar-refractivity contribution < 1.29 is 27.9 Å². The summed E-state index contributed by atoms with van der Waals surface area (Å²) in [6.45, 7) is 1.68. The zero-order chi connectivity index (χ0) is 21.4. The largest absolute Gasteiger partial charge is 0.467 e. The molecule has 0 aromatic heterocycles. The van der Waals surface area contributed by atoms with E-state index in [2.05, 4.69) is 10.6 Å². The maximum absolute atomic E-state index is 13.3. The van der Waals surface area contributed by atoms with E-state index in [-0.39, 0.29) is 18.4 Å². The number of benzene rings is 2. The summed E-state index contributed by atoms with van der Waals surface area (Å²) in [7, 11) is 1.21.